The normalized spacial score (nSPS) is 10.4. The van der Waals surface area contributed by atoms with Crippen molar-refractivity contribution >= 4 is 11.6 Å². The zero-order valence-corrected chi connectivity index (χ0v) is 14.6. The molecule has 4 heteroatoms. The summed E-state index contributed by atoms with van der Waals surface area (Å²) in [5.41, 5.74) is 2.24. The maximum atomic E-state index is 4.68. The molecule has 4 nitrogen and oxygen atoms in total. The first-order valence-corrected chi connectivity index (χ1v) is 8.81. The lowest BCUT2D eigenvalue weighted by Crippen LogP contribution is -2.08. The number of hydrogen-bond acceptors (Lipinski definition) is 4. The fourth-order valence-corrected chi connectivity index (χ4v) is 2.53. The van der Waals surface area contributed by atoms with Crippen LogP contribution >= 0.6 is 0 Å². The van der Waals surface area contributed by atoms with Crippen molar-refractivity contribution < 1.29 is 0 Å². The Bertz CT molecular complexity index is 772. The van der Waals surface area contributed by atoms with Gasteiger partial charge in [-0.15, -0.1) is 0 Å². The standard InChI is InChI=1S/C21H24N4/c1-2-3-14-22-19-15-20(23-16-17-10-6-4-7-11-17)25-21(24-19)18-12-8-5-9-13-18/h4-13,15H,2-3,14,16H2,1H3,(H2,22,23,24,25). The van der Waals surface area contributed by atoms with Gasteiger partial charge < -0.3 is 10.6 Å². The summed E-state index contributed by atoms with van der Waals surface area (Å²) in [4.78, 5) is 9.35. The van der Waals surface area contributed by atoms with Crippen LogP contribution < -0.4 is 10.6 Å². The summed E-state index contributed by atoms with van der Waals surface area (Å²) < 4.78 is 0. The molecule has 128 valence electrons. The molecule has 0 saturated heterocycles. The number of nitrogens with zero attached hydrogens (tertiary/aromatic N) is 2. The number of benzene rings is 2. The average molecular weight is 332 g/mol. The molecule has 0 fully saturated rings. The summed E-state index contributed by atoms with van der Waals surface area (Å²) in [6.07, 6.45) is 2.28. The van der Waals surface area contributed by atoms with Crippen molar-refractivity contribution in [1.29, 1.82) is 0 Å². The largest absolute Gasteiger partial charge is 0.370 e. The SMILES string of the molecule is CCCCNc1cc(NCc2ccccc2)nc(-c2ccccc2)n1. The third kappa shape index (κ3) is 5.05. The molecular formula is C21H24N4. The van der Waals surface area contributed by atoms with Gasteiger partial charge in [0.05, 0.1) is 0 Å². The number of unbranched alkanes of at least 4 members (excludes halogenated alkanes) is 1. The van der Waals surface area contributed by atoms with Crippen LogP contribution in [-0.4, -0.2) is 16.5 Å². The van der Waals surface area contributed by atoms with Crippen LogP contribution in [0.25, 0.3) is 11.4 Å². The maximum absolute atomic E-state index is 4.68. The van der Waals surface area contributed by atoms with Crippen LogP contribution in [0.4, 0.5) is 11.6 Å². The Morgan fingerprint density at radius 2 is 1.44 bits per heavy atom. The maximum Gasteiger partial charge on any atom is 0.163 e. The lowest BCUT2D eigenvalue weighted by Gasteiger charge is -2.11. The van der Waals surface area contributed by atoms with Gasteiger partial charge in [0.25, 0.3) is 0 Å². The van der Waals surface area contributed by atoms with Crippen LogP contribution in [0.5, 0.6) is 0 Å². The molecule has 3 aromatic rings. The highest BCUT2D eigenvalue weighted by atomic mass is 15.1. The lowest BCUT2D eigenvalue weighted by molar-refractivity contribution is 0.830. The zero-order valence-electron chi connectivity index (χ0n) is 14.6. The van der Waals surface area contributed by atoms with Gasteiger partial charge >= 0.3 is 0 Å². The highest BCUT2D eigenvalue weighted by Gasteiger charge is 2.07. The second-order valence-corrected chi connectivity index (χ2v) is 5.95. The third-order valence-electron chi connectivity index (χ3n) is 3.91. The van der Waals surface area contributed by atoms with E-state index in [0.717, 1.165) is 49.0 Å². The molecule has 1 aromatic heterocycles. The first-order chi connectivity index (χ1) is 12.3. The number of hydrogen-bond donors (Lipinski definition) is 2. The number of aromatic nitrogens is 2. The lowest BCUT2D eigenvalue weighted by atomic mass is 10.2. The van der Waals surface area contributed by atoms with E-state index in [2.05, 4.69) is 39.7 Å². The van der Waals surface area contributed by atoms with Gasteiger partial charge in [-0.05, 0) is 12.0 Å². The molecule has 0 bridgehead atoms. The van der Waals surface area contributed by atoms with Crippen molar-refractivity contribution in [3.8, 4) is 11.4 Å². The van der Waals surface area contributed by atoms with Crippen molar-refractivity contribution in [1.82, 2.24) is 9.97 Å². The van der Waals surface area contributed by atoms with Crippen molar-refractivity contribution in [2.75, 3.05) is 17.2 Å². The number of nitrogens with one attached hydrogen (secondary N) is 2. The zero-order chi connectivity index (χ0) is 17.3. The Morgan fingerprint density at radius 1 is 0.800 bits per heavy atom. The van der Waals surface area contributed by atoms with Gasteiger partial charge in [0, 0.05) is 24.7 Å². The van der Waals surface area contributed by atoms with Gasteiger partial charge in [-0.1, -0.05) is 74.0 Å². The molecule has 0 atom stereocenters. The highest BCUT2D eigenvalue weighted by Crippen LogP contribution is 2.20. The molecule has 2 aromatic carbocycles. The molecule has 0 spiro atoms. The van der Waals surface area contributed by atoms with Crippen LogP contribution in [0.3, 0.4) is 0 Å². The predicted molar refractivity (Wildman–Crippen MR) is 105 cm³/mol. The molecule has 0 unspecified atom stereocenters. The molecule has 0 aliphatic carbocycles. The van der Waals surface area contributed by atoms with E-state index in [9.17, 15) is 0 Å². The molecule has 25 heavy (non-hydrogen) atoms. The van der Waals surface area contributed by atoms with Crippen LogP contribution in [-0.2, 0) is 6.54 Å². The van der Waals surface area contributed by atoms with Crippen LogP contribution in [0.2, 0.25) is 0 Å². The minimum atomic E-state index is 0.734. The fraction of sp³-hybridized carbons (Fsp3) is 0.238. The van der Waals surface area contributed by atoms with E-state index in [1.54, 1.807) is 0 Å². The van der Waals surface area contributed by atoms with Gasteiger partial charge in [0.1, 0.15) is 11.6 Å². The topological polar surface area (TPSA) is 49.8 Å². The fourth-order valence-electron chi connectivity index (χ4n) is 2.53. The molecule has 2 N–H and O–H groups in total. The minimum absolute atomic E-state index is 0.734. The summed E-state index contributed by atoms with van der Waals surface area (Å²) in [5.74, 6) is 2.42. The molecule has 0 saturated carbocycles. The van der Waals surface area contributed by atoms with Crippen molar-refractivity contribution in [2.45, 2.75) is 26.3 Å². The summed E-state index contributed by atoms with van der Waals surface area (Å²) in [5, 5.41) is 6.81. The van der Waals surface area contributed by atoms with Crippen molar-refractivity contribution in [3.63, 3.8) is 0 Å². The van der Waals surface area contributed by atoms with Crippen LogP contribution in [0, 0.1) is 0 Å². The van der Waals surface area contributed by atoms with Crippen molar-refractivity contribution in [2.24, 2.45) is 0 Å². The molecular weight excluding hydrogens is 308 g/mol. The van der Waals surface area contributed by atoms with Crippen LogP contribution in [0.15, 0.2) is 66.7 Å². The Kier molecular flexibility index (Phi) is 5.99. The second kappa shape index (κ2) is 8.83. The Labute approximate surface area is 149 Å². The smallest absolute Gasteiger partial charge is 0.163 e. The summed E-state index contributed by atoms with van der Waals surface area (Å²) in [6, 6.07) is 22.4. The molecule has 0 amide bonds. The molecule has 3 rings (SSSR count). The molecule has 0 radical (unpaired) electrons. The van der Waals surface area contributed by atoms with E-state index in [1.165, 1.54) is 5.56 Å². The highest BCUT2D eigenvalue weighted by molar-refractivity contribution is 5.61. The molecule has 0 aliphatic rings. The van der Waals surface area contributed by atoms with Gasteiger partial charge in [-0.3, -0.25) is 0 Å². The van der Waals surface area contributed by atoms with Gasteiger partial charge in [0.2, 0.25) is 0 Å². The minimum Gasteiger partial charge on any atom is -0.370 e. The summed E-state index contributed by atoms with van der Waals surface area (Å²) in [6.45, 7) is 3.84. The summed E-state index contributed by atoms with van der Waals surface area (Å²) in [7, 11) is 0. The number of rotatable bonds is 8. The van der Waals surface area contributed by atoms with E-state index in [0.29, 0.717) is 0 Å². The Hall–Kier alpha value is -2.88. The van der Waals surface area contributed by atoms with E-state index < -0.39 is 0 Å². The monoisotopic (exact) mass is 332 g/mol. The summed E-state index contributed by atoms with van der Waals surface area (Å²) >= 11 is 0. The van der Waals surface area contributed by atoms with Gasteiger partial charge in [-0.2, -0.15) is 0 Å². The Balaban J connectivity index is 1.81. The van der Waals surface area contributed by atoms with Crippen LogP contribution in [0.1, 0.15) is 25.3 Å². The van der Waals surface area contributed by atoms with Crippen molar-refractivity contribution in [3.05, 3.63) is 72.3 Å². The van der Waals surface area contributed by atoms with E-state index in [1.807, 2.05) is 54.6 Å². The molecule has 1 heterocycles. The Morgan fingerprint density at radius 3 is 2.12 bits per heavy atom. The molecule has 0 aliphatic heterocycles. The first kappa shape index (κ1) is 17.0. The first-order valence-electron chi connectivity index (χ1n) is 8.81. The van der Waals surface area contributed by atoms with E-state index in [4.69, 9.17) is 0 Å². The van der Waals surface area contributed by atoms with Gasteiger partial charge in [0.15, 0.2) is 5.82 Å². The number of anilines is 2. The van der Waals surface area contributed by atoms with Gasteiger partial charge in [-0.25, -0.2) is 9.97 Å². The van der Waals surface area contributed by atoms with E-state index in [-0.39, 0.29) is 0 Å². The third-order valence-corrected chi connectivity index (χ3v) is 3.91. The van der Waals surface area contributed by atoms with E-state index >= 15 is 0 Å². The quantitative estimate of drug-likeness (QED) is 0.572. The average Bonchev–Trinajstić information content (AvgIpc) is 2.68. The predicted octanol–water partition coefficient (Wildman–Crippen LogP) is 4.97. The second-order valence-electron chi connectivity index (χ2n) is 5.95.